The summed E-state index contributed by atoms with van der Waals surface area (Å²) in [5.41, 5.74) is 0.653. The van der Waals surface area contributed by atoms with Crippen molar-refractivity contribution in [2.75, 3.05) is 0 Å². The van der Waals surface area contributed by atoms with E-state index in [0.717, 1.165) is 5.76 Å². The molecule has 13 heavy (non-hydrogen) atoms. The molecule has 1 aromatic rings. The highest BCUT2D eigenvalue weighted by atomic mass is 16.5. The van der Waals surface area contributed by atoms with Gasteiger partial charge < -0.3 is 9.63 Å². The van der Waals surface area contributed by atoms with Gasteiger partial charge in [-0.15, -0.1) is 0 Å². The van der Waals surface area contributed by atoms with Gasteiger partial charge in [0.05, 0.1) is 6.61 Å². The maximum atomic E-state index is 8.83. The van der Waals surface area contributed by atoms with Crippen LogP contribution in [0, 0.1) is 0 Å². The van der Waals surface area contributed by atoms with Crippen LogP contribution in [0.4, 0.5) is 0 Å². The van der Waals surface area contributed by atoms with Crippen LogP contribution in [-0.2, 0) is 6.61 Å². The minimum absolute atomic E-state index is 0.0176. The third-order valence-corrected chi connectivity index (χ3v) is 2.75. The topological polar surface area (TPSA) is 46.3 Å². The third-order valence-electron chi connectivity index (χ3n) is 2.75. The lowest BCUT2D eigenvalue weighted by Crippen LogP contribution is -2.02. The van der Waals surface area contributed by atoms with Crippen LogP contribution in [0.25, 0.3) is 0 Å². The highest BCUT2D eigenvalue weighted by Gasteiger charge is 2.19. The van der Waals surface area contributed by atoms with Crippen molar-refractivity contribution in [2.45, 2.75) is 44.6 Å². The maximum absolute atomic E-state index is 8.83. The molecule has 0 aromatic carbocycles. The van der Waals surface area contributed by atoms with Gasteiger partial charge in [0, 0.05) is 12.0 Å². The Balaban J connectivity index is 2.05. The number of aromatic nitrogens is 1. The van der Waals surface area contributed by atoms with Crippen molar-refractivity contribution in [3.05, 3.63) is 17.5 Å². The van der Waals surface area contributed by atoms with Gasteiger partial charge in [0.2, 0.25) is 0 Å². The summed E-state index contributed by atoms with van der Waals surface area (Å²) in [6.45, 7) is -0.0176. The molecule has 0 bridgehead atoms. The Morgan fingerprint density at radius 2 is 2.15 bits per heavy atom. The number of nitrogens with zero attached hydrogens (tertiary/aromatic N) is 1. The molecular weight excluding hydrogens is 166 g/mol. The largest absolute Gasteiger partial charge is 0.390 e. The normalized spacial score (nSPS) is 19.2. The van der Waals surface area contributed by atoms with E-state index < -0.39 is 0 Å². The Bertz CT molecular complexity index is 264. The molecule has 72 valence electrons. The van der Waals surface area contributed by atoms with Gasteiger partial charge in [-0.1, -0.05) is 24.4 Å². The summed E-state index contributed by atoms with van der Waals surface area (Å²) >= 11 is 0. The van der Waals surface area contributed by atoms with Crippen LogP contribution < -0.4 is 0 Å². The van der Waals surface area contributed by atoms with E-state index >= 15 is 0 Å². The maximum Gasteiger partial charge on any atom is 0.140 e. The Kier molecular flexibility index (Phi) is 2.64. The number of hydrogen-bond donors (Lipinski definition) is 1. The van der Waals surface area contributed by atoms with Crippen LogP contribution in [0.2, 0.25) is 0 Å². The zero-order chi connectivity index (χ0) is 9.10. The van der Waals surface area contributed by atoms with Gasteiger partial charge in [-0.2, -0.15) is 0 Å². The van der Waals surface area contributed by atoms with Crippen molar-refractivity contribution in [3.63, 3.8) is 0 Å². The van der Waals surface area contributed by atoms with Crippen LogP contribution in [-0.4, -0.2) is 10.3 Å². The Morgan fingerprint density at radius 1 is 1.38 bits per heavy atom. The highest BCUT2D eigenvalue weighted by molar-refractivity contribution is 5.09. The van der Waals surface area contributed by atoms with E-state index in [-0.39, 0.29) is 6.61 Å². The van der Waals surface area contributed by atoms with Crippen LogP contribution in [0.3, 0.4) is 0 Å². The van der Waals surface area contributed by atoms with Crippen LogP contribution in [0.1, 0.15) is 49.5 Å². The van der Waals surface area contributed by atoms with E-state index in [4.69, 9.17) is 9.63 Å². The average Bonchev–Trinajstić information content (AvgIpc) is 2.67. The second kappa shape index (κ2) is 3.92. The number of aliphatic hydroxyl groups excluding tert-OH is 1. The first-order valence-corrected chi connectivity index (χ1v) is 4.96. The van der Waals surface area contributed by atoms with Gasteiger partial charge in [-0.25, -0.2) is 0 Å². The molecule has 3 heteroatoms. The molecule has 1 aromatic heterocycles. The van der Waals surface area contributed by atoms with Crippen molar-refractivity contribution < 1.29 is 9.63 Å². The fourth-order valence-electron chi connectivity index (χ4n) is 1.98. The van der Waals surface area contributed by atoms with E-state index in [2.05, 4.69) is 5.16 Å². The van der Waals surface area contributed by atoms with Crippen molar-refractivity contribution in [2.24, 2.45) is 0 Å². The van der Waals surface area contributed by atoms with Gasteiger partial charge >= 0.3 is 0 Å². The molecule has 0 saturated heterocycles. The van der Waals surface area contributed by atoms with E-state index in [9.17, 15) is 0 Å². The highest BCUT2D eigenvalue weighted by Crippen LogP contribution is 2.32. The van der Waals surface area contributed by atoms with Crippen molar-refractivity contribution in [1.29, 1.82) is 0 Å². The summed E-state index contributed by atoms with van der Waals surface area (Å²) in [7, 11) is 0. The summed E-state index contributed by atoms with van der Waals surface area (Å²) < 4.78 is 5.18. The summed E-state index contributed by atoms with van der Waals surface area (Å²) in [4.78, 5) is 0. The Labute approximate surface area is 77.7 Å². The molecule has 1 N–H and O–H groups in total. The quantitative estimate of drug-likeness (QED) is 0.760. The first-order valence-electron chi connectivity index (χ1n) is 4.96. The van der Waals surface area contributed by atoms with Crippen LogP contribution in [0.5, 0.6) is 0 Å². The fourth-order valence-corrected chi connectivity index (χ4v) is 1.98. The molecule has 0 aliphatic heterocycles. The second-order valence-corrected chi connectivity index (χ2v) is 3.71. The first-order chi connectivity index (χ1) is 6.40. The Hall–Kier alpha value is -0.830. The first kappa shape index (κ1) is 8.75. The lowest BCUT2D eigenvalue weighted by Gasteiger charge is -2.18. The predicted molar refractivity (Wildman–Crippen MR) is 48.3 cm³/mol. The summed E-state index contributed by atoms with van der Waals surface area (Å²) in [5.74, 6) is 1.50. The van der Waals surface area contributed by atoms with Gasteiger partial charge in [-0.05, 0) is 12.8 Å². The standard InChI is InChI=1S/C10H15NO2/c12-7-9-6-10(13-11-9)8-4-2-1-3-5-8/h6,8,12H,1-5,7H2. The SMILES string of the molecule is OCc1cc(C2CCCCC2)on1. The van der Waals surface area contributed by atoms with E-state index in [1.807, 2.05) is 6.07 Å². The zero-order valence-corrected chi connectivity index (χ0v) is 7.70. The smallest absolute Gasteiger partial charge is 0.140 e. The number of aliphatic hydroxyl groups is 1. The molecule has 1 fully saturated rings. The van der Waals surface area contributed by atoms with Gasteiger partial charge in [0.1, 0.15) is 11.5 Å². The monoisotopic (exact) mass is 181 g/mol. The van der Waals surface area contributed by atoms with Gasteiger partial charge in [0.15, 0.2) is 0 Å². The molecule has 0 amide bonds. The molecule has 0 unspecified atom stereocenters. The summed E-state index contributed by atoms with van der Waals surface area (Å²) in [6.07, 6.45) is 6.34. The Morgan fingerprint density at radius 3 is 2.77 bits per heavy atom. The summed E-state index contributed by atoms with van der Waals surface area (Å²) in [5, 5.41) is 12.6. The van der Waals surface area contributed by atoms with Gasteiger partial charge in [0.25, 0.3) is 0 Å². The molecule has 1 saturated carbocycles. The molecule has 1 aliphatic rings. The lowest BCUT2D eigenvalue weighted by atomic mass is 9.87. The molecule has 3 nitrogen and oxygen atoms in total. The third kappa shape index (κ3) is 1.91. The van der Waals surface area contributed by atoms with E-state index in [1.54, 1.807) is 0 Å². The second-order valence-electron chi connectivity index (χ2n) is 3.71. The molecule has 1 aliphatic carbocycles. The van der Waals surface area contributed by atoms with E-state index in [1.165, 1.54) is 32.1 Å². The van der Waals surface area contributed by atoms with Crippen LogP contribution in [0.15, 0.2) is 10.6 Å². The molecule has 0 spiro atoms. The fraction of sp³-hybridized carbons (Fsp3) is 0.700. The van der Waals surface area contributed by atoms with Crippen LogP contribution >= 0.6 is 0 Å². The predicted octanol–water partition coefficient (Wildman–Crippen LogP) is 2.21. The van der Waals surface area contributed by atoms with Crippen molar-refractivity contribution in [3.8, 4) is 0 Å². The lowest BCUT2D eigenvalue weighted by molar-refractivity contribution is 0.261. The van der Waals surface area contributed by atoms with Crippen molar-refractivity contribution in [1.82, 2.24) is 5.16 Å². The van der Waals surface area contributed by atoms with Gasteiger partial charge in [-0.3, -0.25) is 0 Å². The minimum atomic E-state index is -0.0176. The number of hydrogen-bond acceptors (Lipinski definition) is 3. The zero-order valence-electron chi connectivity index (χ0n) is 7.70. The number of rotatable bonds is 2. The summed E-state index contributed by atoms with van der Waals surface area (Å²) in [6, 6.07) is 1.88. The van der Waals surface area contributed by atoms with E-state index in [0.29, 0.717) is 11.6 Å². The molecule has 1 heterocycles. The van der Waals surface area contributed by atoms with Crippen molar-refractivity contribution >= 4 is 0 Å². The molecule has 0 atom stereocenters. The molecular formula is C10H15NO2. The average molecular weight is 181 g/mol. The molecule has 0 radical (unpaired) electrons. The molecule has 2 rings (SSSR count). The minimum Gasteiger partial charge on any atom is -0.390 e.